The molecule has 1 unspecified atom stereocenters. The molecule has 0 bridgehead atoms. The minimum atomic E-state index is -0.0977. The number of aryl methyl sites for hydroxylation is 2. The Balaban J connectivity index is 2.34. The lowest BCUT2D eigenvalue weighted by molar-refractivity contribution is 0.449. The molecule has 1 aromatic heterocycles. The highest BCUT2D eigenvalue weighted by Crippen LogP contribution is 2.28. The minimum Gasteiger partial charge on any atom is -0.438 e. The normalized spacial score (nSPS) is 12.2. The summed E-state index contributed by atoms with van der Waals surface area (Å²) in [6.07, 6.45) is 1.71. The molecule has 0 aliphatic rings. The molecule has 0 saturated heterocycles. The predicted molar refractivity (Wildman–Crippen MR) is 72.8 cm³/mol. The standard InChI is InChI=1S/C15H18N2O/c1-10-6-7-14(11(2)9-10)18-15-13(12(3)16)5-4-8-17-15/h4-9,12H,16H2,1-3H3. The highest BCUT2D eigenvalue weighted by Gasteiger charge is 2.10. The van der Waals surface area contributed by atoms with Crippen LogP contribution >= 0.6 is 0 Å². The third-order valence-corrected chi connectivity index (χ3v) is 2.83. The molecule has 0 saturated carbocycles. The average molecular weight is 242 g/mol. The molecule has 18 heavy (non-hydrogen) atoms. The van der Waals surface area contributed by atoms with Crippen molar-refractivity contribution in [2.75, 3.05) is 0 Å². The molecule has 2 N–H and O–H groups in total. The van der Waals surface area contributed by atoms with Gasteiger partial charge in [0.15, 0.2) is 0 Å². The van der Waals surface area contributed by atoms with Crippen molar-refractivity contribution < 1.29 is 4.74 Å². The van der Waals surface area contributed by atoms with Gasteiger partial charge in [0, 0.05) is 17.8 Å². The molecule has 0 radical (unpaired) electrons. The first-order chi connectivity index (χ1) is 8.58. The quantitative estimate of drug-likeness (QED) is 0.896. The second-order valence-electron chi connectivity index (χ2n) is 4.56. The van der Waals surface area contributed by atoms with Gasteiger partial charge >= 0.3 is 0 Å². The summed E-state index contributed by atoms with van der Waals surface area (Å²) >= 11 is 0. The van der Waals surface area contributed by atoms with Crippen molar-refractivity contribution in [1.29, 1.82) is 0 Å². The van der Waals surface area contributed by atoms with E-state index < -0.39 is 0 Å². The molecule has 1 heterocycles. The van der Waals surface area contributed by atoms with E-state index in [0.717, 1.165) is 16.9 Å². The third kappa shape index (κ3) is 2.68. The number of aromatic nitrogens is 1. The molecule has 94 valence electrons. The molecule has 0 aliphatic heterocycles. The van der Waals surface area contributed by atoms with Gasteiger partial charge < -0.3 is 10.5 Å². The Hall–Kier alpha value is -1.87. The zero-order chi connectivity index (χ0) is 13.1. The second kappa shape index (κ2) is 5.19. The van der Waals surface area contributed by atoms with Gasteiger partial charge in [-0.2, -0.15) is 0 Å². The van der Waals surface area contributed by atoms with Gasteiger partial charge in [-0.05, 0) is 38.5 Å². The number of pyridine rings is 1. The van der Waals surface area contributed by atoms with E-state index >= 15 is 0 Å². The lowest BCUT2D eigenvalue weighted by Gasteiger charge is -2.13. The van der Waals surface area contributed by atoms with Gasteiger partial charge in [-0.15, -0.1) is 0 Å². The smallest absolute Gasteiger partial charge is 0.223 e. The first-order valence-corrected chi connectivity index (χ1v) is 6.03. The van der Waals surface area contributed by atoms with Crippen LogP contribution < -0.4 is 10.5 Å². The Morgan fingerprint density at radius 2 is 2.00 bits per heavy atom. The van der Waals surface area contributed by atoms with E-state index in [4.69, 9.17) is 10.5 Å². The Morgan fingerprint density at radius 1 is 1.22 bits per heavy atom. The molecule has 2 rings (SSSR count). The van der Waals surface area contributed by atoms with Gasteiger partial charge in [0.2, 0.25) is 5.88 Å². The Labute approximate surface area is 108 Å². The topological polar surface area (TPSA) is 48.1 Å². The molecule has 3 heteroatoms. The van der Waals surface area contributed by atoms with Gasteiger partial charge in [0.25, 0.3) is 0 Å². The fraction of sp³-hybridized carbons (Fsp3) is 0.267. The van der Waals surface area contributed by atoms with Crippen molar-refractivity contribution in [3.8, 4) is 11.6 Å². The number of benzene rings is 1. The molecule has 2 aromatic rings. The number of hydrogen-bond acceptors (Lipinski definition) is 3. The number of hydrogen-bond donors (Lipinski definition) is 1. The zero-order valence-corrected chi connectivity index (χ0v) is 11.0. The van der Waals surface area contributed by atoms with Gasteiger partial charge in [-0.1, -0.05) is 23.8 Å². The van der Waals surface area contributed by atoms with Gasteiger partial charge in [0.05, 0.1) is 0 Å². The van der Waals surface area contributed by atoms with E-state index in [2.05, 4.69) is 18.0 Å². The summed E-state index contributed by atoms with van der Waals surface area (Å²) in [6.45, 7) is 6.01. The molecular formula is C15H18N2O. The van der Waals surface area contributed by atoms with Crippen LogP contribution in [0.3, 0.4) is 0 Å². The third-order valence-electron chi connectivity index (χ3n) is 2.83. The highest BCUT2D eigenvalue weighted by atomic mass is 16.5. The lowest BCUT2D eigenvalue weighted by atomic mass is 10.1. The molecule has 0 amide bonds. The number of rotatable bonds is 3. The zero-order valence-electron chi connectivity index (χ0n) is 11.0. The largest absolute Gasteiger partial charge is 0.438 e. The SMILES string of the molecule is Cc1ccc(Oc2ncccc2C(C)N)c(C)c1. The molecule has 1 atom stereocenters. The minimum absolute atomic E-state index is 0.0977. The van der Waals surface area contributed by atoms with Gasteiger partial charge in [-0.3, -0.25) is 0 Å². The van der Waals surface area contributed by atoms with Gasteiger partial charge in [-0.25, -0.2) is 4.98 Å². The number of nitrogens with zero attached hydrogens (tertiary/aromatic N) is 1. The van der Waals surface area contributed by atoms with Crippen molar-refractivity contribution in [3.63, 3.8) is 0 Å². The van der Waals surface area contributed by atoms with Crippen LogP contribution in [0, 0.1) is 13.8 Å². The van der Waals surface area contributed by atoms with Crippen molar-refractivity contribution in [2.24, 2.45) is 5.73 Å². The average Bonchev–Trinajstić information content (AvgIpc) is 2.33. The van der Waals surface area contributed by atoms with E-state index in [1.54, 1.807) is 6.20 Å². The van der Waals surface area contributed by atoms with Crippen LogP contribution in [0.25, 0.3) is 0 Å². The monoisotopic (exact) mass is 242 g/mol. The van der Waals surface area contributed by atoms with Crippen LogP contribution in [0.4, 0.5) is 0 Å². The summed E-state index contributed by atoms with van der Waals surface area (Å²) in [5.41, 5.74) is 9.13. The van der Waals surface area contributed by atoms with Crippen molar-refractivity contribution in [2.45, 2.75) is 26.8 Å². The van der Waals surface area contributed by atoms with Crippen LogP contribution in [0.2, 0.25) is 0 Å². The van der Waals surface area contributed by atoms with Gasteiger partial charge in [0.1, 0.15) is 5.75 Å². The fourth-order valence-electron chi connectivity index (χ4n) is 1.85. The lowest BCUT2D eigenvalue weighted by Crippen LogP contribution is -2.07. The van der Waals surface area contributed by atoms with Crippen LogP contribution in [0.15, 0.2) is 36.5 Å². The van der Waals surface area contributed by atoms with E-state index in [1.807, 2.05) is 38.1 Å². The summed E-state index contributed by atoms with van der Waals surface area (Å²) in [4.78, 5) is 4.26. The molecule has 3 nitrogen and oxygen atoms in total. The molecular weight excluding hydrogens is 224 g/mol. The summed E-state index contributed by atoms with van der Waals surface area (Å²) < 4.78 is 5.87. The molecule has 1 aromatic carbocycles. The van der Waals surface area contributed by atoms with E-state index in [0.29, 0.717) is 5.88 Å². The van der Waals surface area contributed by atoms with Crippen LogP contribution in [-0.4, -0.2) is 4.98 Å². The number of ether oxygens (including phenoxy) is 1. The van der Waals surface area contributed by atoms with Crippen LogP contribution in [-0.2, 0) is 0 Å². The maximum Gasteiger partial charge on any atom is 0.223 e. The number of nitrogens with two attached hydrogens (primary N) is 1. The first-order valence-electron chi connectivity index (χ1n) is 6.03. The van der Waals surface area contributed by atoms with Crippen molar-refractivity contribution in [1.82, 2.24) is 4.98 Å². The molecule has 0 fully saturated rings. The molecule has 0 spiro atoms. The highest BCUT2D eigenvalue weighted by molar-refractivity contribution is 5.40. The summed E-state index contributed by atoms with van der Waals surface area (Å²) in [5, 5.41) is 0. The summed E-state index contributed by atoms with van der Waals surface area (Å²) in [7, 11) is 0. The Kier molecular flexibility index (Phi) is 3.63. The fourth-order valence-corrected chi connectivity index (χ4v) is 1.85. The Morgan fingerprint density at radius 3 is 2.67 bits per heavy atom. The predicted octanol–water partition coefficient (Wildman–Crippen LogP) is 3.51. The maximum atomic E-state index is 5.91. The van der Waals surface area contributed by atoms with E-state index in [1.165, 1.54) is 5.56 Å². The maximum absolute atomic E-state index is 5.91. The Bertz CT molecular complexity index is 550. The van der Waals surface area contributed by atoms with Crippen LogP contribution in [0.5, 0.6) is 11.6 Å². The summed E-state index contributed by atoms with van der Waals surface area (Å²) in [5.74, 6) is 1.40. The summed E-state index contributed by atoms with van der Waals surface area (Å²) in [6, 6.07) is 9.79. The molecule has 0 aliphatic carbocycles. The first kappa shape index (κ1) is 12.6. The van der Waals surface area contributed by atoms with E-state index in [9.17, 15) is 0 Å². The van der Waals surface area contributed by atoms with Crippen molar-refractivity contribution >= 4 is 0 Å². The van der Waals surface area contributed by atoms with Crippen LogP contribution in [0.1, 0.15) is 29.7 Å². The second-order valence-corrected chi connectivity index (χ2v) is 4.56. The van der Waals surface area contributed by atoms with E-state index in [-0.39, 0.29) is 6.04 Å². The van der Waals surface area contributed by atoms with Crippen molar-refractivity contribution in [3.05, 3.63) is 53.2 Å².